The molecule has 1 aromatic heterocycles. The number of aromatic nitrogens is 1. The van der Waals surface area contributed by atoms with Gasteiger partial charge in [-0.3, -0.25) is 4.79 Å². The molecule has 0 aliphatic carbocycles. The summed E-state index contributed by atoms with van der Waals surface area (Å²) in [5.41, 5.74) is 0.342. The second-order valence-electron chi connectivity index (χ2n) is 7.03. The quantitative estimate of drug-likeness (QED) is 0.779. The minimum Gasteiger partial charge on any atom is -0.497 e. The first kappa shape index (κ1) is 20.7. The number of ether oxygens (including phenoxy) is 2. The highest BCUT2D eigenvalue weighted by Crippen LogP contribution is 2.30. The average Bonchev–Trinajstić information content (AvgIpc) is 3.06. The molecule has 0 spiro atoms. The molecule has 0 fully saturated rings. The van der Waals surface area contributed by atoms with Crippen LogP contribution in [-0.4, -0.2) is 36.2 Å². The topological polar surface area (TPSA) is 89.5 Å². The molecule has 2 aromatic rings. The maximum absolute atomic E-state index is 12.3. The van der Waals surface area contributed by atoms with E-state index in [2.05, 4.69) is 15.6 Å². The first-order valence-electron chi connectivity index (χ1n) is 8.56. The Morgan fingerprint density at radius 1 is 1.30 bits per heavy atom. The SMILES string of the molecule is COc1cccc(-c2ncc(NC(=O)[C@H](C)CNC(=O)OC(C)(C)C)s2)c1. The molecular weight excluding hydrogens is 366 g/mol. The third-order valence-corrected chi connectivity index (χ3v) is 4.43. The van der Waals surface area contributed by atoms with Crippen molar-refractivity contribution >= 4 is 28.3 Å². The van der Waals surface area contributed by atoms with Gasteiger partial charge in [0.2, 0.25) is 5.91 Å². The summed E-state index contributed by atoms with van der Waals surface area (Å²) >= 11 is 1.37. The zero-order chi connectivity index (χ0) is 20.0. The van der Waals surface area contributed by atoms with E-state index in [1.54, 1.807) is 41.0 Å². The standard InChI is InChI=1S/C19H25N3O4S/c1-12(10-21-18(24)26-19(2,3)4)16(23)22-15-11-20-17(27-15)13-7-6-8-14(9-13)25-5/h6-9,11-12H,10H2,1-5H3,(H,21,24)(H,22,23)/t12-/m1/s1. The van der Waals surface area contributed by atoms with E-state index < -0.39 is 17.6 Å². The second-order valence-corrected chi connectivity index (χ2v) is 8.07. The van der Waals surface area contributed by atoms with Gasteiger partial charge in [-0.1, -0.05) is 30.4 Å². The Kier molecular flexibility index (Phi) is 6.79. The molecule has 2 amide bonds. The zero-order valence-corrected chi connectivity index (χ0v) is 17.0. The van der Waals surface area contributed by atoms with E-state index in [9.17, 15) is 9.59 Å². The Labute approximate surface area is 163 Å². The van der Waals surface area contributed by atoms with Crippen molar-refractivity contribution in [2.45, 2.75) is 33.3 Å². The molecule has 0 radical (unpaired) electrons. The van der Waals surface area contributed by atoms with Gasteiger partial charge in [0.25, 0.3) is 0 Å². The molecule has 146 valence electrons. The number of hydrogen-bond donors (Lipinski definition) is 2. The zero-order valence-electron chi connectivity index (χ0n) is 16.2. The van der Waals surface area contributed by atoms with Gasteiger partial charge in [0, 0.05) is 12.1 Å². The van der Waals surface area contributed by atoms with Crippen molar-refractivity contribution < 1.29 is 19.1 Å². The second kappa shape index (κ2) is 8.85. The Balaban J connectivity index is 1.90. The molecule has 0 bridgehead atoms. The normalized spacial score (nSPS) is 12.2. The van der Waals surface area contributed by atoms with Crippen molar-refractivity contribution in [3.8, 4) is 16.3 Å². The van der Waals surface area contributed by atoms with Gasteiger partial charge in [-0.2, -0.15) is 0 Å². The van der Waals surface area contributed by atoms with Crippen molar-refractivity contribution in [2.75, 3.05) is 19.0 Å². The first-order chi connectivity index (χ1) is 12.7. The number of thiazole rings is 1. The predicted octanol–water partition coefficient (Wildman–Crippen LogP) is 3.92. The number of carbonyl (C=O) groups is 2. The molecule has 1 heterocycles. The van der Waals surface area contributed by atoms with Crippen molar-refractivity contribution in [2.24, 2.45) is 5.92 Å². The minimum atomic E-state index is -0.575. The van der Waals surface area contributed by atoms with Crippen LogP contribution in [0.2, 0.25) is 0 Å². The molecule has 7 nitrogen and oxygen atoms in total. The molecule has 8 heteroatoms. The highest BCUT2D eigenvalue weighted by molar-refractivity contribution is 7.19. The summed E-state index contributed by atoms with van der Waals surface area (Å²) in [7, 11) is 1.61. The average molecular weight is 391 g/mol. The summed E-state index contributed by atoms with van der Waals surface area (Å²) in [5, 5.41) is 6.85. The van der Waals surface area contributed by atoms with Gasteiger partial charge in [0.05, 0.1) is 19.2 Å². The number of anilines is 1. The van der Waals surface area contributed by atoms with E-state index >= 15 is 0 Å². The van der Waals surface area contributed by atoms with Crippen molar-refractivity contribution in [1.82, 2.24) is 10.3 Å². The van der Waals surface area contributed by atoms with Crippen LogP contribution in [0.15, 0.2) is 30.5 Å². The summed E-state index contributed by atoms with van der Waals surface area (Å²) in [6.07, 6.45) is 1.08. The van der Waals surface area contributed by atoms with Crippen LogP contribution in [-0.2, 0) is 9.53 Å². The molecule has 0 unspecified atom stereocenters. The number of alkyl carbamates (subject to hydrolysis) is 1. The van der Waals surface area contributed by atoms with Gasteiger partial charge in [0.1, 0.15) is 21.4 Å². The highest BCUT2D eigenvalue weighted by atomic mass is 32.1. The van der Waals surface area contributed by atoms with Gasteiger partial charge >= 0.3 is 6.09 Å². The number of rotatable bonds is 6. The lowest BCUT2D eigenvalue weighted by Gasteiger charge is -2.20. The third kappa shape index (κ3) is 6.56. The van der Waals surface area contributed by atoms with E-state index in [4.69, 9.17) is 9.47 Å². The number of nitrogens with one attached hydrogen (secondary N) is 2. The van der Waals surface area contributed by atoms with Gasteiger partial charge in [-0.25, -0.2) is 9.78 Å². The van der Waals surface area contributed by atoms with Gasteiger partial charge in [-0.15, -0.1) is 0 Å². The summed E-state index contributed by atoms with van der Waals surface area (Å²) in [4.78, 5) is 28.3. The summed E-state index contributed by atoms with van der Waals surface area (Å²) in [5.74, 6) is 0.127. The summed E-state index contributed by atoms with van der Waals surface area (Å²) in [6.45, 7) is 7.27. The molecular formula is C19H25N3O4S. The van der Waals surface area contributed by atoms with Crippen LogP contribution in [0.3, 0.4) is 0 Å². The highest BCUT2D eigenvalue weighted by Gasteiger charge is 2.19. The molecule has 0 aliphatic rings. The molecule has 0 aliphatic heterocycles. The molecule has 0 saturated heterocycles. The van der Waals surface area contributed by atoms with E-state index in [1.807, 2.05) is 24.3 Å². The van der Waals surface area contributed by atoms with Crippen LogP contribution >= 0.6 is 11.3 Å². The smallest absolute Gasteiger partial charge is 0.407 e. The maximum atomic E-state index is 12.3. The Bertz CT molecular complexity index is 798. The van der Waals surface area contributed by atoms with Crippen molar-refractivity contribution in [1.29, 1.82) is 0 Å². The molecule has 1 atom stereocenters. The van der Waals surface area contributed by atoms with Gasteiger partial charge in [-0.05, 0) is 32.9 Å². The lowest BCUT2D eigenvalue weighted by atomic mass is 10.1. The van der Waals surface area contributed by atoms with E-state index in [0.29, 0.717) is 5.00 Å². The fourth-order valence-electron chi connectivity index (χ4n) is 2.11. The van der Waals surface area contributed by atoms with E-state index in [-0.39, 0.29) is 12.5 Å². The van der Waals surface area contributed by atoms with Gasteiger partial charge in [0.15, 0.2) is 0 Å². The van der Waals surface area contributed by atoms with Crippen LogP contribution in [0.4, 0.5) is 9.80 Å². The summed E-state index contributed by atoms with van der Waals surface area (Å²) < 4.78 is 10.4. The van der Waals surface area contributed by atoms with Crippen LogP contribution in [0, 0.1) is 5.92 Å². The van der Waals surface area contributed by atoms with Crippen LogP contribution in [0.5, 0.6) is 5.75 Å². The Hall–Kier alpha value is -2.61. The maximum Gasteiger partial charge on any atom is 0.407 e. The van der Waals surface area contributed by atoms with Crippen molar-refractivity contribution in [3.63, 3.8) is 0 Å². The minimum absolute atomic E-state index is 0.183. The van der Waals surface area contributed by atoms with Crippen LogP contribution in [0.25, 0.3) is 10.6 Å². The monoisotopic (exact) mass is 391 g/mol. The summed E-state index contributed by atoms with van der Waals surface area (Å²) in [6, 6.07) is 7.57. The van der Waals surface area contributed by atoms with E-state index in [0.717, 1.165) is 16.3 Å². The number of benzene rings is 1. The predicted molar refractivity (Wildman–Crippen MR) is 106 cm³/mol. The number of amides is 2. The number of carbonyl (C=O) groups excluding carboxylic acids is 2. The van der Waals surface area contributed by atoms with Crippen LogP contribution < -0.4 is 15.4 Å². The molecule has 0 saturated carbocycles. The fraction of sp³-hybridized carbons (Fsp3) is 0.421. The molecule has 2 rings (SSSR count). The number of hydrogen-bond acceptors (Lipinski definition) is 6. The lowest BCUT2D eigenvalue weighted by molar-refractivity contribution is -0.119. The Morgan fingerprint density at radius 3 is 2.70 bits per heavy atom. The molecule has 1 aromatic carbocycles. The van der Waals surface area contributed by atoms with E-state index in [1.165, 1.54) is 11.3 Å². The van der Waals surface area contributed by atoms with Crippen molar-refractivity contribution in [3.05, 3.63) is 30.5 Å². The lowest BCUT2D eigenvalue weighted by Crippen LogP contribution is -2.37. The molecule has 27 heavy (non-hydrogen) atoms. The largest absolute Gasteiger partial charge is 0.497 e. The fourth-order valence-corrected chi connectivity index (χ4v) is 2.92. The molecule has 2 N–H and O–H groups in total. The van der Waals surface area contributed by atoms with Crippen LogP contribution in [0.1, 0.15) is 27.7 Å². The van der Waals surface area contributed by atoms with Gasteiger partial charge < -0.3 is 20.1 Å². The Morgan fingerprint density at radius 2 is 2.04 bits per heavy atom. The third-order valence-electron chi connectivity index (χ3n) is 3.47. The number of methoxy groups -OCH3 is 1. The number of nitrogens with zero attached hydrogens (tertiary/aromatic N) is 1. The first-order valence-corrected chi connectivity index (χ1v) is 9.37.